The van der Waals surface area contributed by atoms with Gasteiger partial charge in [-0.15, -0.1) is 0 Å². The Bertz CT molecular complexity index is 563. The summed E-state index contributed by atoms with van der Waals surface area (Å²) >= 11 is 5.60. The van der Waals surface area contributed by atoms with E-state index in [0.29, 0.717) is 5.54 Å². The summed E-state index contributed by atoms with van der Waals surface area (Å²) in [6.07, 6.45) is 9.39. The van der Waals surface area contributed by atoms with Gasteiger partial charge in [0, 0.05) is 12.1 Å². The fourth-order valence-corrected chi connectivity index (χ4v) is 5.98. The molecule has 0 atom stereocenters. The summed E-state index contributed by atoms with van der Waals surface area (Å²) in [6.45, 7) is 0.879. The van der Waals surface area contributed by atoms with Crippen molar-refractivity contribution < 1.29 is 4.74 Å². The molecule has 4 heteroatoms. The van der Waals surface area contributed by atoms with E-state index >= 15 is 0 Å². The van der Waals surface area contributed by atoms with Crippen LogP contribution in [0.2, 0.25) is 0 Å². The van der Waals surface area contributed by atoms with Gasteiger partial charge in [-0.3, -0.25) is 0 Å². The smallest absolute Gasteiger partial charge is 0.166 e. The maximum absolute atomic E-state index is 5.60. The Morgan fingerprint density at radius 1 is 1.08 bits per heavy atom. The zero-order chi connectivity index (χ0) is 16.6. The molecule has 2 N–H and O–H groups in total. The van der Waals surface area contributed by atoms with Crippen LogP contribution in [0.15, 0.2) is 24.3 Å². The van der Waals surface area contributed by atoms with Crippen LogP contribution in [0, 0.1) is 17.8 Å². The number of thiocarbonyl (C=S) groups is 1. The van der Waals surface area contributed by atoms with Crippen LogP contribution in [0.25, 0.3) is 0 Å². The number of nitrogens with one attached hydrogen (secondary N) is 2. The topological polar surface area (TPSA) is 33.3 Å². The lowest BCUT2D eigenvalue weighted by molar-refractivity contribution is -0.0101. The first-order valence-corrected chi connectivity index (χ1v) is 9.74. The minimum absolute atomic E-state index is 0.305. The second-order valence-electron chi connectivity index (χ2n) is 8.18. The van der Waals surface area contributed by atoms with Crippen LogP contribution in [-0.4, -0.2) is 24.3 Å². The van der Waals surface area contributed by atoms with Crippen LogP contribution < -0.4 is 15.4 Å². The highest BCUT2D eigenvalue weighted by molar-refractivity contribution is 7.80. The molecular formula is C20H28N2OS. The summed E-state index contributed by atoms with van der Waals surface area (Å²) in [7, 11) is 1.70. The lowest BCUT2D eigenvalue weighted by Crippen LogP contribution is -2.61. The molecule has 1 aromatic rings. The second-order valence-corrected chi connectivity index (χ2v) is 8.59. The van der Waals surface area contributed by atoms with Gasteiger partial charge >= 0.3 is 0 Å². The van der Waals surface area contributed by atoms with Crippen molar-refractivity contribution in [2.45, 2.75) is 50.5 Å². The Morgan fingerprint density at radius 3 is 2.21 bits per heavy atom. The minimum Gasteiger partial charge on any atom is -0.497 e. The summed E-state index contributed by atoms with van der Waals surface area (Å²) in [5.41, 5.74) is 1.61. The predicted molar refractivity (Wildman–Crippen MR) is 101 cm³/mol. The highest BCUT2D eigenvalue weighted by atomic mass is 32.1. The van der Waals surface area contributed by atoms with Crippen LogP contribution in [0.4, 0.5) is 0 Å². The predicted octanol–water partition coefficient (Wildman–Crippen LogP) is 3.67. The molecule has 4 saturated carbocycles. The Kier molecular flexibility index (Phi) is 4.42. The molecule has 5 rings (SSSR count). The summed E-state index contributed by atoms with van der Waals surface area (Å²) in [4.78, 5) is 0. The first kappa shape index (κ1) is 16.2. The standard InChI is InChI=1S/C20H28N2OS/c1-23-18-4-2-14(3-5-18)6-7-21-19(24)22-20-11-15-8-16(12-20)10-17(9-15)13-20/h2-5,15-17H,6-13H2,1H3,(H2,21,22,24). The SMILES string of the molecule is COc1ccc(CCNC(=S)NC23CC4CC(CC(C4)C2)C3)cc1. The molecule has 24 heavy (non-hydrogen) atoms. The number of methoxy groups -OCH3 is 1. The van der Waals surface area contributed by atoms with Crippen LogP contribution in [0.1, 0.15) is 44.1 Å². The number of hydrogen-bond donors (Lipinski definition) is 2. The van der Waals surface area contributed by atoms with Gasteiger partial charge in [-0.1, -0.05) is 12.1 Å². The third-order valence-electron chi connectivity index (χ3n) is 6.28. The second kappa shape index (κ2) is 6.55. The molecule has 0 aromatic heterocycles. The van der Waals surface area contributed by atoms with E-state index in [1.54, 1.807) is 7.11 Å². The normalized spacial score (nSPS) is 33.3. The van der Waals surface area contributed by atoms with Gasteiger partial charge in [0.2, 0.25) is 0 Å². The van der Waals surface area contributed by atoms with Crippen LogP contribution in [0.5, 0.6) is 5.75 Å². The Labute approximate surface area is 150 Å². The molecule has 1 aromatic carbocycles. The third-order valence-corrected chi connectivity index (χ3v) is 6.52. The van der Waals surface area contributed by atoms with Gasteiger partial charge in [0.15, 0.2) is 5.11 Å². The quantitative estimate of drug-likeness (QED) is 0.799. The highest BCUT2D eigenvalue weighted by Crippen LogP contribution is 2.55. The molecule has 4 bridgehead atoms. The molecule has 0 radical (unpaired) electrons. The maximum Gasteiger partial charge on any atom is 0.166 e. The molecule has 0 amide bonds. The largest absolute Gasteiger partial charge is 0.497 e. The number of rotatable bonds is 5. The minimum atomic E-state index is 0.305. The maximum atomic E-state index is 5.60. The van der Waals surface area contributed by atoms with E-state index in [2.05, 4.69) is 22.8 Å². The molecule has 130 valence electrons. The fourth-order valence-electron chi connectivity index (χ4n) is 5.66. The van der Waals surface area contributed by atoms with Crippen LogP contribution in [-0.2, 0) is 6.42 Å². The molecule has 4 aliphatic carbocycles. The zero-order valence-electron chi connectivity index (χ0n) is 14.5. The molecule has 0 unspecified atom stereocenters. The monoisotopic (exact) mass is 344 g/mol. The average Bonchev–Trinajstić information content (AvgIpc) is 2.53. The van der Waals surface area contributed by atoms with Crippen LogP contribution in [0.3, 0.4) is 0 Å². The molecular weight excluding hydrogens is 316 g/mol. The first-order chi connectivity index (χ1) is 11.6. The third kappa shape index (κ3) is 3.39. The molecule has 0 spiro atoms. The van der Waals surface area contributed by atoms with Crippen molar-refractivity contribution >= 4 is 17.3 Å². The van der Waals surface area contributed by atoms with Gasteiger partial charge in [-0.2, -0.15) is 0 Å². The Morgan fingerprint density at radius 2 is 1.67 bits per heavy atom. The molecule has 0 aliphatic heterocycles. The van der Waals surface area contributed by atoms with Gasteiger partial charge < -0.3 is 15.4 Å². The Hall–Kier alpha value is -1.29. The summed E-state index contributed by atoms with van der Waals surface area (Å²) in [6, 6.07) is 8.27. The Balaban J connectivity index is 1.26. The lowest BCUT2D eigenvalue weighted by atomic mass is 9.53. The van der Waals surface area contributed by atoms with E-state index in [9.17, 15) is 0 Å². The lowest BCUT2D eigenvalue weighted by Gasteiger charge is -2.57. The van der Waals surface area contributed by atoms with Crippen molar-refractivity contribution in [3.8, 4) is 5.75 Å². The number of hydrogen-bond acceptors (Lipinski definition) is 2. The van der Waals surface area contributed by atoms with E-state index < -0.39 is 0 Å². The van der Waals surface area contributed by atoms with Crippen LogP contribution >= 0.6 is 12.2 Å². The first-order valence-electron chi connectivity index (χ1n) is 9.33. The van der Waals surface area contributed by atoms with E-state index in [0.717, 1.165) is 41.6 Å². The highest BCUT2D eigenvalue weighted by Gasteiger charge is 2.51. The van der Waals surface area contributed by atoms with Gasteiger partial charge in [-0.05, 0) is 92.6 Å². The molecule has 0 saturated heterocycles. The van der Waals surface area contributed by atoms with Gasteiger partial charge in [0.05, 0.1) is 7.11 Å². The van der Waals surface area contributed by atoms with E-state index in [-0.39, 0.29) is 0 Å². The van der Waals surface area contributed by atoms with Crippen molar-refractivity contribution in [1.29, 1.82) is 0 Å². The summed E-state index contributed by atoms with van der Waals surface area (Å²) in [5, 5.41) is 8.01. The van der Waals surface area contributed by atoms with Crippen molar-refractivity contribution in [2.24, 2.45) is 17.8 Å². The number of ether oxygens (including phenoxy) is 1. The molecule has 4 fully saturated rings. The van der Waals surface area contributed by atoms with Crippen molar-refractivity contribution in [3.63, 3.8) is 0 Å². The van der Waals surface area contributed by atoms with Crippen molar-refractivity contribution in [1.82, 2.24) is 10.6 Å². The molecule has 4 aliphatic rings. The van der Waals surface area contributed by atoms with E-state index in [4.69, 9.17) is 17.0 Å². The van der Waals surface area contributed by atoms with Crippen molar-refractivity contribution in [3.05, 3.63) is 29.8 Å². The van der Waals surface area contributed by atoms with Gasteiger partial charge in [0.25, 0.3) is 0 Å². The summed E-state index contributed by atoms with van der Waals surface area (Å²) < 4.78 is 5.20. The molecule has 0 heterocycles. The zero-order valence-corrected chi connectivity index (χ0v) is 15.3. The van der Waals surface area contributed by atoms with Gasteiger partial charge in [-0.25, -0.2) is 0 Å². The fraction of sp³-hybridized carbons (Fsp3) is 0.650. The average molecular weight is 345 g/mol. The van der Waals surface area contributed by atoms with E-state index in [1.165, 1.54) is 44.1 Å². The summed E-state index contributed by atoms with van der Waals surface area (Å²) in [5.74, 6) is 3.76. The number of benzene rings is 1. The molecule has 3 nitrogen and oxygen atoms in total. The van der Waals surface area contributed by atoms with E-state index in [1.807, 2.05) is 12.1 Å². The van der Waals surface area contributed by atoms with Crippen molar-refractivity contribution in [2.75, 3.05) is 13.7 Å². The van der Waals surface area contributed by atoms with Gasteiger partial charge in [0.1, 0.15) is 5.75 Å².